The standard InChI is InChI=1S/C7H14N2/c1-2-6-7-3-5(9-6)4-8-7/h5-9H,2-4H2,1H3/t5-,6+,7-/m1/s1. The normalized spacial score (nSPS) is 48.3. The van der Waals surface area contributed by atoms with Gasteiger partial charge in [-0.05, 0) is 12.8 Å². The molecule has 0 saturated carbocycles. The smallest absolute Gasteiger partial charge is 0.0237 e. The molecule has 0 amide bonds. The van der Waals surface area contributed by atoms with Gasteiger partial charge in [0.15, 0.2) is 0 Å². The van der Waals surface area contributed by atoms with E-state index < -0.39 is 0 Å². The second kappa shape index (κ2) is 1.96. The first-order valence-electron chi connectivity index (χ1n) is 3.89. The van der Waals surface area contributed by atoms with E-state index in [4.69, 9.17) is 0 Å². The molecule has 2 aliphatic rings. The van der Waals surface area contributed by atoms with Crippen molar-refractivity contribution in [2.24, 2.45) is 0 Å². The number of hydrogen-bond acceptors (Lipinski definition) is 2. The van der Waals surface area contributed by atoms with Gasteiger partial charge in [-0.1, -0.05) is 6.92 Å². The van der Waals surface area contributed by atoms with Crippen molar-refractivity contribution in [3.05, 3.63) is 0 Å². The van der Waals surface area contributed by atoms with E-state index in [2.05, 4.69) is 17.6 Å². The van der Waals surface area contributed by atoms with Crippen LogP contribution in [0.1, 0.15) is 19.8 Å². The van der Waals surface area contributed by atoms with E-state index >= 15 is 0 Å². The van der Waals surface area contributed by atoms with Crippen molar-refractivity contribution in [3.63, 3.8) is 0 Å². The molecule has 2 N–H and O–H groups in total. The van der Waals surface area contributed by atoms with Crippen LogP contribution in [0.2, 0.25) is 0 Å². The number of hydrogen-bond donors (Lipinski definition) is 2. The molecule has 2 aliphatic heterocycles. The summed E-state index contributed by atoms with van der Waals surface area (Å²) in [6.07, 6.45) is 2.63. The molecule has 52 valence electrons. The maximum absolute atomic E-state index is 3.58. The zero-order valence-corrected chi connectivity index (χ0v) is 5.85. The fourth-order valence-corrected chi connectivity index (χ4v) is 2.02. The Hall–Kier alpha value is -0.0800. The Morgan fingerprint density at radius 3 is 2.78 bits per heavy atom. The van der Waals surface area contributed by atoms with Crippen LogP contribution in [0.15, 0.2) is 0 Å². The van der Waals surface area contributed by atoms with E-state index in [1.807, 2.05) is 0 Å². The van der Waals surface area contributed by atoms with Gasteiger partial charge in [-0.2, -0.15) is 0 Å². The topological polar surface area (TPSA) is 24.1 Å². The van der Waals surface area contributed by atoms with E-state index in [0.29, 0.717) is 0 Å². The molecule has 0 spiro atoms. The molecule has 2 bridgehead atoms. The van der Waals surface area contributed by atoms with E-state index in [1.54, 1.807) is 0 Å². The Labute approximate surface area is 56.0 Å². The van der Waals surface area contributed by atoms with Gasteiger partial charge in [0.25, 0.3) is 0 Å². The van der Waals surface area contributed by atoms with Crippen LogP contribution >= 0.6 is 0 Å². The Balaban J connectivity index is 2.01. The maximum atomic E-state index is 3.58. The largest absolute Gasteiger partial charge is 0.311 e. The third-order valence-electron chi connectivity index (χ3n) is 2.54. The lowest BCUT2D eigenvalue weighted by Crippen LogP contribution is -2.47. The van der Waals surface area contributed by atoms with Gasteiger partial charge in [-0.25, -0.2) is 0 Å². The summed E-state index contributed by atoms with van der Waals surface area (Å²) in [4.78, 5) is 0. The highest BCUT2D eigenvalue weighted by atomic mass is 15.2. The van der Waals surface area contributed by atoms with Crippen LogP contribution < -0.4 is 10.6 Å². The molecule has 3 atom stereocenters. The quantitative estimate of drug-likeness (QED) is 0.520. The summed E-state index contributed by atoms with van der Waals surface area (Å²) >= 11 is 0. The Morgan fingerprint density at radius 2 is 2.44 bits per heavy atom. The first-order chi connectivity index (χ1) is 4.40. The maximum Gasteiger partial charge on any atom is 0.0237 e. The van der Waals surface area contributed by atoms with Crippen molar-refractivity contribution in [2.75, 3.05) is 6.54 Å². The molecule has 0 unspecified atom stereocenters. The third kappa shape index (κ3) is 0.775. The zero-order valence-electron chi connectivity index (χ0n) is 5.85. The Kier molecular flexibility index (Phi) is 1.24. The number of rotatable bonds is 1. The van der Waals surface area contributed by atoms with Crippen molar-refractivity contribution in [1.82, 2.24) is 10.6 Å². The molecular weight excluding hydrogens is 112 g/mol. The molecule has 0 radical (unpaired) electrons. The number of fused-ring (bicyclic) bond motifs is 2. The molecule has 2 heteroatoms. The summed E-state index contributed by atoms with van der Waals surface area (Å²) in [7, 11) is 0. The average molecular weight is 126 g/mol. The van der Waals surface area contributed by atoms with Crippen molar-refractivity contribution >= 4 is 0 Å². The minimum Gasteiger partial charge on any atom is -0.311 e. The molecular formula is C7H14N2. The van der Waals surface area contributed by atoms with Crippen molar-refractivity contribution in [1.29, 1.82) is 0 Å². The molecule has 2 rings (SSSR count). The van der Waals surface area contributed by atoms with Gasteiger partial charge in [-0.3, -0.25) is 0 Å². The zero-order chi connectivity index (χ0) is 6.27. The molecule has 9 heavy (non-hydrogen) atoms. The molecule has 0 aromatic heterocycles. The second-order valence-corrected chi connectivity index (χ2v) is 3.13. The number of piperazine rings is 1. The van der Waals surface area contributed by atoms with E-state index in [9.17, 15) is 0 Å². The lowest BCUT2D eigenvalue weighted by atomic mass is 10.1. The van der Waals surface area contributed by atoms with E-state index in [0.717, 1.165) is 18.1 Å². The van der Waals surface area contributed by atoms with Gasteiger partial charge in [-0.15, -0.1) is 0 Å². The summed E-state index contributed by atoms with van der Waals surface area (Å²) in [5.74, 6) is 0. The van der Waals surface area contributed by atoms with Gasteiger partial charge < -0.3 is 10.6 Å². The summed E-state index contributed by atoms with van der Waals surface area (Å²) < 4.78 is 0. The van der Waals surface area contributed by atoms with Crippen LogP contribution in [0.4, 0.5) is 0 Å². The van der Waals surface area contributed by atoms with Crippen LogP contribution in [0.5, 0.6) is 0 Å². The molecule has 0 aromatic rings. The highest BCUT2D eigenvalue weighted by molar-refractivity contribution is 5.01. The average Bonchev–Trinajstić information content (AvgIpc) is 2.45. The molecule has 2 saturated heterocycles. The predicted octanol–water partition coefficient (Wildman–Crippen LogP) is 0.0987. The van der Waals surface area contributed by atoms with Crippen molar-refractivity contribution in [2.45, 2.75) is 37.9 Å². The summed E-state index contributed by atoms with van der Waals surface area (Å²) in [6, 6.07) is 2.35. The SMILES string of the molecule is CC[C@@H]1N[C@H]2CN[C@@H]1C2. The third-order valence-corrected chi connectivity index (χ3v) is 2.54. The Bertz CT molecular complexity index is 113. The van der Waals surface area contributed by atoms with E-state index in [1.165, 1.54) is 19.4 Å². The second-order valence-electron chi connectivity index (χ2n) is 3.13. The van der Waals surface area contributed by atoms with Gasteiger partial charge in [0.2, 0.25) is 0 Å². The van der Waals surface area contributed by atoms with Crippen molar-refractivity contribution < 1.29 is 0 Å². The molecule has 2 heterocycles. The van der Waals surface area contributed by atoms with Crippen LogP contribution in [0, 0.1) is 0 Å². The first kappa shape index (κ1) is 5.69. The predicted molar refractivity (Wildman–Crippen MR) is 37.4 cm³/mol. The lowest BCUT2D eigenvalue weighted by Gasteiger charge is -2.22. The highest BCUT2D eigenvalue weighted by Crippen LogP contribution is 2.20. The fourth-order valence-electron chi connectivity index (χ4n) is 2.02. The van der Waals surface area contributed by atoms with Crippen molar-refractivity contribution in [3.8, 4) is 0 Å². The minimum absolute atomic E-state index is 0.767. The summed E-state index contributed by atoms with van der Waals surface area (Å²) in [5, 5.41) is 7.07. The minimum atomic E-state index is 0.767. The molecule has 2 fully saturated rings. The lowest BCUT2D eigenvalue weighted by molar-refractivity contribution is 0.402. The summed E-state index contributed by atoms with van der Waals surface area (Å²) in [5.41, 5.74) is 0. The summed E-state index contributed by atoms with van der Waals surface area (Å²) in [6.45, 7) is 3.45. The highest BCUT2D eigenvalue weighted by Gasteiger charge is 2.37. The van der Waals surface area contributed by atoms with Gasteiger partial charge in [0, 0.05) is 24.7 Å². The molecule has 2 nitrogen and oxygen atoms in total. The fraction of sp³-hybridized carbons (Fsp3) is 1.00. The monoisotopic (exact) mass is 126 g/mol. The molecule has 0 aromatic carbocycles. The first-order valence-corrected chi connectivity index (χ1v) is 3.89. The number of nitrogens with one attached hydrogen (secondary N) is 2. The van der Waals surface area contributed by atoms with Gasteiger partial charge >= 0.3 is 0 Å². The van der Waals surface area contributed by atoms with Gasteiger partial charge in [0.05, 0.1) is 0 Å². The Morgan fingerprint density at radius 1 is 1.56 bits per heavy atom. The van der Waals surface area contributed by atoms with Crippen LogP contribution in [0.3, 0.4) is 0 Å². The van der Waals surface area contributed by atoms with Crippen LogP contribution in [-0.4, -0.2) is 24.7 Å². The van der Waals surface area contributed by atoms with Crippen LogP contribution in [0.25, 0.3) is 0 Å². The van der Waals surface area contributed by atoms with Gasteiger partial charge in [0.1, 0.15) is 0 Å². The van der Waals surface area contributed by atoms with E-state index in [-0.39, 0.29) is 0 Å². The molecule has 0 aliphatic carbocycles. The van der Waals surface area contributed by atoms with Crippen LogP contribution in [-0.2, 0) is 0 Å².